The van der Waals surface area contributed by atoms with Crippen molar-refractivity contribution in [2.45, 2.75) is 18.9 Å². The highest BCUT2D eigenvalue weighted by molar-refractivity contribution is 8.30. The monoisotopic (exact) mass is 353 g/mol. The van der Waals surface area contributed by atoms with Crippen molar-refractivity contribution in [2.75, 3.05) is 13.1 Å². The summed E-state index contributed by atoms with van der Waals surface area (Å²) in [6, 6.07) is 6.15. The molecule has 5 nitrogen and oxygen atoms in total. The zero-order valence-electron chi connectivity index (χ0n) is 12.2. The van der Waals surface area contributed by atoms with Gasteiger partial charge in [-0.15, -0.1) is 0 Å². The summed E-state index contributed by atoms with van der Waals surface area (Å²) in [5.41, 5.74) is 1.62. The lowest BCUT2D eigenvalue weighted by Crippen LogP contribution is -2.38. The van der Waals surface area contributed by atoms with Gasteiger partial charge < -0.3 is 10.2 Å². The van der Waals surface area contributed by atoms with Gasteiger partial charge in [-0.1, -0.05) is 40.3 Å². The van der Waals surface area contributed by atoms with E-state index in [9.17, 15) is 19.8 Å². The molecule has 0 bridgehead atoms. The maximum absolute atomic E-state index is 11.8. The highest BCUT2D eigenvalue weighted by Crippen LogP contribution is 2.42. The van der Waals surface area contributed by atoms with Gasteiger partial charge in [-0.25, -0.2) is 4.79 Å². The second-order valence-electron chi connectivity index (χ2n) is 5.48. The first-order valence-electron chi connectivity index (χ1n) is 7.20. The van der Waals surface area contributed by atoms with Crippen LogP contribution in [-0.2, 0) is 4.79 Å². The van der Waals surface area contributed by atoms with Crippen LogP contribution < -0.4 is 0 Å². The van der Waals surface area contributed by atoms with Crippen LogP contribution in [-0.4, -0.2) is 44.8 Å². The number of hydrogen-bond donors (Lipinski definition) is 2. The van der Waals surface area contributed by atoms with E-state index in [-0.39, 0.29) is 0 Å². The summed E-state index contributed by atoms with van der Waals surface area (Å²) in [6.45, 7) is 0.996. The molecule has 0 saturated heterocycles. The number of hydrogen-bond acceptors (Lipinski definition) is 3. The smallest absolute Gasteiger partial charge is 0.363 e. The molecule has 7 heteroatoms. The molecule has 2 aliphatic heterocycles. The average molecular weight is 354 g/mol. The van der Waals surface area contributed by atoms with Gasteiger partial charge >= 0.3 is 11.3 Å². The van der Waals surface area contributed by atoms with Crippen LogP contribution >= 0.6 is 22.1 Å². The fourth-order valence-electron chi connectivity index (χ4n) is 3.14. The van der Waals surface area contributed by atoms with Crippen LogP contribution in [0.5, 0.6) is 0 Å². The summed E-state index contributed by atoms with van der Waals surface area (Å²) in [4.78, 5) is 25.9. The van der Waals surface area contributed by atoms with E-state index in [1.165, 1.54) is 0 Å². The van der Waals surface area contributed by atoms with E-state index in [1.54, 1.807) is 24.3 Å². The minimum absolute atomic E-state index is 0.433. The third-order valence-electron chi connectivity index (χ3n) is 4.16. The maximum atomic E-state index is 11.8. The second kappa shape index (κ2) is 6.47. The van der Waals surface area contributed by atoms with Crippen molar-refractivity contribution in [1.29, 1.82) is 0 Å². The molecule has 0 aliphatic carbocycles. The standard InChI is InChI=1S/C16H16ClNO4S/c17-12-4-2-1-3-11(12)14(15(19)20)18-7-5-13-10(9-18)6-8-23(13)16(21)22/h1-4,8,14H,5-7,9H2,(H,19,20)(H,21,22)/t14-,23?/m0/s1. The Labute approximate surface area is 141 Å². The van der Waals surface area contributed by atoms with Gasteiger partial charge in [0.25, 0.3) is 0 Å². The summed E-state index contributed by atoms with van der Waals surface area (Å²) in [5, 5.41) is 20.4. The van der Waals surface area contributed by atoms with Crippen LogP contribution in [0, 0.1) is 0 Å². The number of halogens is 1. The number of carbonyl (C=O) groups is 2. The highest BCUT2D eigenvalue weighted by atomic mass is 35.5. The van der Waals surface area contributed by atoms with Crippen LogP contribution in [0.2, 0.25) is 5.02 Å². The molecule has 2 N–H and O–H groups in total. The fraction of sp³-hybridized carbons (Fsp3) is 0.312. The molecule has 0 saturated carbocycles. The molecule has 1 aromatic carbocycles. The molecule has 122 valence electrons. The molecule has 0 radical (unpaired) electrons. The number of rotatable bonds is 3. The van der Waals surface area contributed by atoms with Crippen LogP contribution in [0.4, 0.5) is 4.79 Å². The number of carboxylic acids is 1. The van der Waals surface area contributed by atoms with Crippen LogP contribution in [0.3, 0.4) is 0 Å². The van der Waals surface area contributed by atoms with Crippen molar-refractivity contribution >= 4 is 38.7 Å². The molecule has 1 unspecified atom stereocenters. The van der Waals surface area contributed by atoms with Crippen molar-refractivity contribution in [2.24, 2.45) is 0 Å². The Balaban J connectivity index is 1.88. The fourth-order valence-corrected chi connectivity index (χ4v) is 5.07. The van der Waals surface area contributed by atoms with E-state index in [1.807, 2.05) is 10.3 Å². The maximum Gasteiger partial charge on any atom is 0.363 e. The normalized spacial score (nSPS) is 22.4. The molecular formula is C16H16ClNO4S. The van der Waals surface area contributed by atoms with Crippen molar-refractivity contribution in [3.63, 3.8) is 0 Å². The first kappa shape index (κ1) is 16.2. The third kappa shape index (κ3) is 3.06. The molecular weight excluding hydrogens is 338 g/mol. The van der Waals surface area contributed by atoms with E-state index in [0.29, 0.717) is 36.5 Å². The van der Waals surface area contributed by atoms with Crippen LogP contribution in [0.25, 0.3) is 0 Å². The van der Waals surface area contributed by atoms with Crippen molar-refractivity contribution in [3.05, 3.63) is 45.3 Å². The molecule has 3 rings (SSSR count). The summed E-state index contributed by atoms with van der Waals surface area (Å²) >= 11 is 6.17. The zero-order chi connectivity index (χ0) is 16.6. The van der Waals surface area contributed by atoms with Gasteiger partial charge in [-0.3, -0.25) is 9.69 Å². The molecule has 2 heterocycles. The van der Waals surface area contributed by atoms with Gasteiger partial charge in [0.2, 0.25) is 0 Å². The van der Waals surface area contributed by atoms with Crippen molar-refractivity contribution in [3.8, 4) is 0 Å². The van der Waals surface area contributed by atoms with Gasteiger partial charge in [-0.2, -0.15) is 0 Å². The van der Waals surface area contributed by atoms with E-state index in [2.05, 4.69) is 0 Å². The largest absolute Gasteiger partial charge is 0.480 e. The van der Waals surface area contributed by atoms with Crippen LogP contribution in [0.1, 0.15) is 24.4 Å². The van der Waals surface area contributed by atoms with E-state index < -0.39 is 27.8 Å². The summed E-state index contributed by atoms with van der Waals surface area (Å²) < 4.78 is 0. The van der Waals surface area contributed by atoms with Gasteiger partial charge in [0.1, 0.15) is 6.04 Å². The molecule has 0 fully saturated rings. The van der Waals surface area contributed by atoms with E-state index >= 15 is 0 Å². The first-order valence-corrected chi connectivity index (χ1v) is 8.87. The summed E-state index contributed by atoms with van der Waals surface area (Å²) in [7, 11) is -0.812. The Morgan fingerprint density at radius 1 is 1.26 bits per heavy atom. The molecule has 0 amide bonds. The SMILES string of the molecule is O=C(O)[C@H](c1ccccc1Cl)N1CCC2=C(CC=S2C(=O)O)C1. The molecule has 2 aliphatic rings. The van der Waals surface area contributed by atoms with Gasteiger partial charge in [0.15, 0.2) is 0 Å². The quantitative estimate of drug-likeness (QED) is 0.812. The second-order valence-corrected chi connectivity index (χ2v) is 7.74. The average Bonchev–Trinajstić information content (AvgIpc) is 2.92. The Kier molecular flexibility index (Phi) is 4.57. The van der Waals surface area contributed by atoms with Crippen molar-refractivity contribution in [1.82, 2.24) is 4.90 Å². The zero-order valence-corrected chi connectivity index (χ0v) is 13.8. The Morgan fingerprint density at radius 2 is 2.00 bits per heavy atom. The van der Waals surface area contributed by atoms with Gasteiger partial charge in [0.05, 0.1) is 0 Å². The van der Waals surface area contributed by atoms with Gasteiger partial charge in [0, 0.05) is 18.1 Å². The Hall–Kier alpha value is -1.63. The van der Waals surface area contributed by atoms with Crippen molar-refractivity contribution < 1.29 is 19.8 Å². The lowest BCUT2D eigenvalue weighted by Gasteiger charge is -2.34. The molecule has 23 heavy (non-hydrogen) atoms. The number of aliphatic carboxylic acids is 1. The summed E-state index contributed by atoms with van der Waals surface area (Å²) in [6.07, 6.45) is 1.21. The predicted octanol–water partition coefficient (Wildman–Crippen LogP) is 3.58. The Morgan fingerprint density at radius 3 is 2.65 bits per heavy atom. The molecule has 2 atom stereocenters. The Bertz CT molecular complexity index is 743. The number of benzene rings is 1. The highest BCUT2D eigenvalue weighted by Gasteiger charge is 2.34. The van der Waals surface area contributed by atoms with Gasteiger partial charge in [-0.05, 0) is 40.3 Å². The third-order valence-corrected chi connectivity index (χ3v) is 6.41. The predicted molar refractivity (Wildman–Crippen MR) is 91.3 cm³/mol. The van der Waals surface area contributed by atoms with E-state index in [0.717, 1.165) is 10.5 Å². The lowest BCUT2D eigenvalue weighted by atomic mass is 10.0. The molecule has 0 aromatic heterocycles. The molecule has 1 aromatic rings. The number of nitrogens with zero attached hydrogens (tertiary/aromatic N) is 1. The first-order chi connectivity index (χ1) is 11.0. The summed E-state index contributed by atoms with van der Waals surface area (Å²) in [5.74, 6) is -0.943. The lowest BCUT2D eigenvalue weighted by molar-refractivity contribution is -0.143. The minimum atomic E-state index is -0.943. The minimum Gasteiger partial charge on any atom is -0.480 e. The molecule has 0 spiro atoms. The van der Waals surface area contributed by atoms with E-state index in [4.69, 9.17) is 11.6 Å². The topological polar surface area (TPSA) is 77.8 Å². The van der Waals surface area contributed by atoms with Crippen LogP contribution in [0.15, 0.2) is 34.7 Å². The number of carboxylic acid groups (broad SMARTS) is 2.